The van der Waals surface area contributed by atoms with Gasteiger partial charge >= 0.3 is 0 Å². The summed E-state index contributed by atoms with van der Waals surface area (Å²) in [6.45, 7) is 14.9. The molecular weight excluding hydrogens is 932 g/mol. The number of likely N-dealkylation sites (tertiary alicyclic amines) is 1. The Morgan fingerprint density at radius 2 is 1.62 bits per heavy atom. The van der Waals surface area contributed by atoms with E-state index in [0.29, 0.717) is 18.1 Å². The van der Waals surface area contributed by atoms with E-state index in [1.807, 2.05) is 54.6 Å². The summed E-state index contributed by atoms with van der Waals surface area (Å²) in [5, 5.41) is 29.6. The number of rotatable bonds is 19. The van der Waals surface area contributed by atoms with Crippen molar-refractivity contribution >= 4 is 61.9 Å². The number of aliphatic hydroxyl groups is 1. The molecule has 370 valence electrons. The number of nitrogens with one attached hydrogen (secondary N) is 3. The van der Waals surface area contributed by atoms with Crippen LogP contribution in [0.5, 0.6) is 0 Å². The van der Waals surface area contributed by atoms with Crippen molar-refractivity contribution in [1.82, 2.24) is 24.7 Å². The van der Waals surface area contributed by atoms with Gasteiger partial charge in [0.05, 0.1) is 9.82 Å². The van der Waals surface area contributed by atoms with Crippen LogP contribution in [0.1, 0.15) is 61.4 Å². The van der Waals surface area contributed by atoms with Gasteiger partial charge in [-0.3, -0.25) is 19.8 Å². The summed E-state index contributed by atoms with van der Waals surface area (Å²) < 4.78 is 29.4. The number of carbonyl (C=O) groups is 1. The molecule has 0 aromatic heterocycles. The highest BCUT2D eigenvalue weighted by atomic mass is 35.5. The van der Waals surface area contributed by atoms with Crippen molar-refractivity contribution in [3.8, 4) is 0 Å². The van der Waals surface area contributed by atoms with Gasteiger partial charge in [0.15, 0.2) is 0 Å². The third-order valence-electron chi connectivity index (χ3n) is 14.4. The number of sulfonamides is 1. The van der Waals surface area contributed by atoms with Crippen LogP contribution in [0.25, 0.3) is 5.57 Å². The first-order valence-corrected chi connectivity index (χ1v) is 27.3. The van der Waals surface area contributed by atoms with E-state index in [1.165, 1.54) is 28.8 Å². The standard InChI is InChI=1S/C52H67ClN8O6S2/c1-52(38-59-27-22-54-23-28-59)21-17-48(40-7-11-43(53)12-8-40)42(34-52)35-58-29-31-60(32-30-58)45-13-9-41(10-14-45)51(63)56-69(66,67)47-15-16-49(50(33-47)61(64)65)55-44(37-68-46-5-3-2-4-6-46)20-26-57-24-18-39(36-62)19-25-57/h2-16,33,39,44,54-55,62H,17-32,34-38H2,1H3,(H,56,63)/t44-,52?/m1/s1. The van der Waals surface area contributed by atoms with Gasteiger partial charge in [0.2, 0.25) is 0 Å². The number of nitro benzene ring substituents is 1. The summed E-state index contributed by atoms with van der Waals surface area (Å²) in [6, 6.07) is 28.7. The molecule has 8 rings (SSSR count). The lowest BCUT2D eigenvalue weighted by Gasteiger charge is -2.43. The minimum atomic E-state index is -4.47. The fourth-order valence-electron chi connectivity index (χ4n) is 10.3. The van der Waals surface area contributed by atoms with Crippen LogP contribution in [-0.4, -0.2) is 143 Å². The molecule has 69 heavy (non-hydrogen) atoms. The van der Waals surface area contributed by atoms with Crippen LogP contribution in [0.3, 0.4) is 0 Å². The number of nitrogens with zero attached hydrogens (tertiary/aromatic N) is 5. The minimum Gasteiger partial charge on any atom is -0.396 e. The Hall–Kier alpha value is -4.52. The van der Waals surface area contributed by atoms with Gasteiger partial charge in [-0.2, -0.15) is 0 Å². The largest absolute Gasteiger partial charge is 0.396 e. The molecule has 1 aliphatic carbocycles. The Kier molecular flexibility index (Phi) is 17.4. The summed E-state index contributed by atoms with van der Waals surface area (Å²) in [5.74, 6) is 0.127. The van der Waals surface area contributed by atoms with Gasteiger partial charge in [-0.05, 0) is 135 Å². The molecule has 4 N–H and O–H groups in total. The van der Waals surface area contributed by atoms with Gasteiger partial charge in [-0.25, -0.2) is 13.1 Å². The maximum atomic E-state index is 13.6. The molecule has 0 radical (unpaired) electrons. The highest BCUT2D eigenvalue weighted by Gasteiger charge is 2.35. The average molecular weight is 1000 g/mol. The molecule has 3 saturated heterocycles. The van der Waals surface area contributed by atoms with Gasteiger partial charge in [0.1, 0.15) is 5.69 Å². The fraction of sp³-hybridized carbons (Fsp3) is 0.481. The van der Waals surface area contributed by atoms with Gasteiger partial charge in [-0.1, -0.05) is 54.4 Å². The predicted octanol–water partition coefficient (Wildman–Crippen LogP) is 7.71. The summed E-state index contributed by atoms with van der Waals surface area (Å²) in [4.78, 5) is 35.8. The smallest absolute Gasteiger partial charge is 0.293 e. The monoisotopic (exact) mass is 998 g/mol. The molecule has 3 aliphatic heterocycles. The number of nitro groups is 1. The molecule has 17 heteroatoms. The maximum Gasteiger partial charge on any atom is 0.293 e. The summed E-state index contributed by atoms with van der Waals surface area (Å²) in [5.41, 5.74) is 5.36. The molecule has 0 spiro atoms. The van der Waals surface area contributed by atoms with Crippen molar-refractivity contribution in [2.75, 3.05) is 108 Å². The second-order valence-electron chi connectivity index (χ2n) is 19.5. The third kappa shape index (κ3) is 13.9. The number of anilines is 2. The number of aliphatic hydroxyl groups excluding tert-OH is 1. The van der Waals surface area contributed by atoms with E-state index >= 15 is 0 Å². The first-order valence-electron chi connectivity index (χ1n) is 24.4. The average Bonchev–Trinajstić information content (AvgIpc) is 3.36. The molecule has 0 saturated carbocycles. The van der Waals surface area contributed by atoms with Crippen LogP contribution in [0.4, 0.5) is 17.1 Å². The van der Waals surface area contributed by atoms with Crippen LogP contribution in [0.15, 0.2) is 112 Å². The van der Waals surface area contributed by atoms with E-state index in [4.69, 9.17) is 11.6 Å². The molecule has 1 amide bonds. The number of hydrogen-bond donors (Lipinski definition) is 4. The van der Waals surface area contributed by atoms with E-state index in [2.05, 4.69) is 54.0 Å². The molecule has 4 aliphatic rings. The summed E-state index contributed by atoms with van der Waals surface area (Å²) >= 11 is 7.94. The number of allylic oxidation sites excluding steroid dienone is 1. The van der Waals surface area contributed by atoms with E-state index in [-0.39, 0.29) is 34.2 Å². The maximum absolute atomic E-state index is 13.6. The molecule has 4 aromatic carbocycles. The normalized spacial score (nSPS) is 20.7. The number of piperidine rings is 1. The molecule has 3 heterocycles. The first-order chi connectivity index (χ1) is 33.3. The number of halogens is 1. The van der Waals surface area contributed by atoms with Gasteiger partial charge in [0, 0.05) is 118 Å². The minimum absolute atomic E-state index is 0.163. The molecule has 1 unspecified atom stereocenters. The third-order valence-corrected chi connectivity index (χ3v) is 17.1. The van der Waals surface area contributed by atoms with Crippen LogP contribution in [0.2, 0.25) is 5.02 Å². The quantitative estimate of drug-likeness (QED) is 0.0411. The Morgan fingerprint density at radius 1 is 0.913 bits per heavy atom. The summed E-state index contributed by atoms with van der Waals surface area (Å²) in [7, 11) is -4.47. The van der Waals surface area contributed by atoms with Crippen molar-refractivity contribution in [2.45, 2.75) is 61.3 Å². The van der Waals surface area contributed by atoms with Crippen molar-refractivity contribution in [2.24, 2.45) is 11.3 Å². The topological polar surface area (TPSA) is 164 Å². The van der Waals surface area contributed by atoms with Crippen LogP contribution < -0.4 is 20.3 Å². The summed E-state index contributed by atoms with van der Waals surface area (Å²) in [6.07, 6.45) is 5.84. The first kappa shape index (κ1) is 50.9. The number of amides is 1. The zero-order valence-corrected chi connectivity index (χ0v) is 42.0. The zero-order chi connectivity index (χ0) is 48.4. The van der Waals surface area contributed by atoms with Crippen molar-refractivity contribution in [3.05, 3.63) is 129 Å². The zero-order valence-electron chi connectivity index (χ0n) is 39.7. The number of thioether (sulfide) groups is 1. The lowest BCUT2D eigenvalue weighted by Crippen LogP contribution is -2.49. The van der Waals surface area contributed by atoms with E-state index < -0.39 is 26.5 Å². The lowest BCUT2D eigenvalue weighted by atomic mass is 9.71. The fourth-order valence-corrected chi connectivity index (χ4v) is 12.4. The van der Waals surface area contributed by atoms with Gasteiger partial charge < -0.3 is 30.4 Å². The Bertz CT molecular complexity index is 2500. The van der Waals surface area contributed by atoms with Crippen LogP contribution in [-0.2, 0) is 10.0 Å². The molecule has 14 nitrogen and oxygen atoms in total. The van der Waals surface area contributed by atoms with Crippen molar-refractivity contribution < 1.29 is 23.2 Å². The molecule has 0 bridgehead atoms. The molecular formula is C52H67ClN8O6S2. The molecule has 2 atom stereocenters. The van der Waals surface area contributed by atoms with Crippen LogP contribution >= 0.6 is 23.4 Å². The number of carbonyl (C=O) groups excluding carboxylic acids is 1. The highest BCUT2D eigenvalue weighted by molar-refractivity contribution is 7.99. The number of hydrogen-bond acceptors (Lipinski definition) is 13. The number of piperazine rings is 2. The van der Waals surface area contributed by atoms with Gasteiger partial charge in [0.25, 0.3) is 21.6 Å². The lowest BCUT2D eigenvalue weighted by molar-refractivity contribution is -0.384. The van der Waals surface area contributed by atoms with Crippen molar-refractivity contribution in [1.29, 1.82) is 0 Å². The van der Waals surface area contributed by atoms with E-state index in [0.717, 1.165) is 139 Å². The second-order valence-corrected chi connectivity index (χ2v) is 22.7. The van der Waals surface area contributed by atoms with Crippen molar-refractivity contribution in [3.63, 3.8) is 0 Å². The Morgan fingerprint density at radius 3 is 2.30 bits per heavy atom. The Labute approximate surface area is 417 Å². The SMILES string of the molecule is CC1(CN2CCNCC2)CCC(c2ccc(Cl)cc2)=C(CN2CCN(c3ccc(C(=O)NS(=O)(=O)c4ccc(N[C@H](CCN5CCC(CO)CC5)CSc5ccccc5)c([N+](=O)[O-])c4)cc3)CC2)C1. The molecule has 4 aromatic rings. The van der Waals surface area contributed by atoms with E-state index in [9.17, 15) is 28.4 Å². The van der Waals surface area contributed by atoms with Crippen LogP contribution in [0, 0.1) is 21.4 Å². The highest BCUT2D eigenvalue weighted by Crippen LogP contribution is 2.44. The second kappa shape index (κ2) is 23.6. The predicted molar refractivity (Wildman–Crippen MR) is 278 cm³/mol. The number of benzene rings is 4. The van der Waals surface area contributed by atoms with E-state index in [1.54, 1.807) is 23.9 Å². The Balaban J connectivity index is 0.876. The van der Waals surface area contributed by atoms with Gasteiger partial charge in [-0.15, -0.1) is 11.8 Å². The molecule has 3 fully saturated rings.